The maximum atomic E-state index is 13.2. The number of pyridine rings is 1. The number of rotatable bonds is 10. The number of thioether (sulfide) groups is 1. The van der Waals surface area contributed by atoms with Crippen LogP contribution < -0.4 is 5.56 Å². The number of nitrogens with zero attached hydrogens (tertiary/aromatic N) is 3. The highest BCUT2D eigenvalue weighted by Gasteiger charge is 2.33. The van der Waals surface area contributed by atoms with Gasteiger partial charge in [0.1, 0.15) is 21.8 Å². The van der Waals surface area contributed by atoms with E-state index in [0.717, 1.165) is 16.3 Å². The first-order valence-corrected chi connectivity index (χ1v) is 12.8. The molecule has 1 aromatic heterocycles. The van der Waals surface area contributed by atoms with Crippen molar-refractivity contribution in [2.24, 2.45) is 0 Å². The number of halogens is 1. The van der Waals surface area contributed by atoms with Crippen molar-refractivity contribution in [1.29, 1.82) is 5.26 Å². The van der Waals surface area contributed by atoms with E-state index < -0.39 is 23.0 Å². The van der Waals surface area contributed by atoms with E-state index in [2.05, 4.69) is 0 Å². The van der Waals surface area contributed by atoms with Gasteiger partial charge in [-0.25, -0.2) is 4.39 Å². The molecule has 11 heteroatoms. The van der Waals surface area contributed by atoms with Crippen molar-refractivity contribution in [1.82, 2.24) is 9.47 Å². The molecule has 1 aliphatic heterocycles. The van der Waals surface area contributed by atoms with Gasteiger partial charge in [0.25, 0.3) is 11.5 Å². The molecule has 1 fully saturated rings. The second kappa shape index (κ2) is 12.3. The van der Waals surface area contributed by atoms with Gasteiger partial charge in [-0.1, -0.05) is 36.1 Å². The van der Waals surface area contributed by atoms with Crippen LogP contribution in [0.25, 0.3) is 6.08 Å². The lowest BCUT2D eigenvalue weighted by molar-refractivity contribution is -0.122. The summed E-state index contributed by atoms with van der Waals surface area (Å²) >= 11 is 6.39. The van der Waals surface area contributed by atoms with Gasteiger partial charge in [0.2, 0.25) is 5.88 Å². The van der Waals surface area contributed by atoms with Gasteiger partial charge in [-0.2, -0.15) is 5.26 Å². The molecular formula is C26H26FN3O5S2. The number of Topliss-reactive ketones (excluding diaryl/α,β-unsaturated/α-hetero) is 1. The van der Waals surface area contributed by atoms with Gasteiger partial charge in [0.05, 0.1) is 16.6 Å². The molecule has 0 aliphatic carbocycles. The van der Waals surface area contributed by atoms with Crippen molar-refractivity contribution in [3.05, 3.63) is 67.6 Å². The van der Waals surface area contributed by atoms with E-state index in [1.54, 1.807) is 6.08 Å². The SMILES string of the molecule is Cc1c(C(=O)CCN2C(=O)/C(=C/c3ccc(F)cc3)SC2=S)c(O)n(CCCOC(C)C)c(=O)c1C#N. The lowest BCUT2D eigenvalue weighted by Crippen LogP contribution is -2.31. The first kappa shape index (κ1) is 28.2. The number of aromatic hydroxyl groups is 1. The molecule has 0 spiro atoms. The summed E-state index contributed by atoms with van der Waals surface area (Å²) in [5.74, 6) is -1.83. The Kier molecular flexibility index (Phi) is 9.37. The number of hydrogen-bond donors (Lipinski definition) is 1. The van der Waals surface area contributed by atoms with Crippen LogP contribution >= 0.6 is 24.0 Å². The molecule has 0 radical (unpaired) electrons. The minimum absolute atomic E-state index is 0.00117. The second-order valence-electron chi connectivity index (χ2n) is 8.60. The highest BCUT2D eigenvalue weighted by atomic mass is 32.2. The van der Waals surface area contributed by atoms with Crippen LogP contribution in [0.15, 0.2) is 34.0 Å². The van der Waals surface area contributed by atoms with Crippen LogP contribution in [0.3, 0.4) is 0 Å². The fourth-order valence-corrected chi connectivity index (χ4v) is 5.08. The second-order valence-corrected chi connectivity index (χ2v) is 10.3. The van der Waals surface area contributed by atoms with E-state index in [1.165, 1.54) is 36.1 Å². The van der Waals surface area contributed by atoms with Crippen LogP contribution in [0.5, 0.6) is 5.88 Å². The molecule has 1 aliphatic rings. The molecule has 2 aromatic rings. The summed E-state index contributed by atoms with van der Waals surface area (Å²) in [6, 6.07) is 7.47. The third-order valence-corrected chi connectivity index (χ3v) is 7.04. The normalized spacial score (nSPS) is 14.6. The van der Waals surface area contributed by atoms with Crippen molar-refractivity contribution in [3.63, 3.8) is 0 Å². The van der Waals surface area contributed by atoms with Crippen molar-refractivity contribution >= 4 is 46.1 Å². The monoisotopic (exact) mass is 543 g/mol. The van der Waals surface area contributed by atoms with E-state index in [4.69, 9.17) is 17.0 Å². The fraction of sp³-hybridized carbons (Fsp3) is 0.346. The summed E-state index contributed by atoms with van der Waals surface area (Å²) in [5.41, 5.74) is -0.316. The lowest BCUT2D eigenvalue weighted by atomic mass is 9.99. The largest absolute Gasteiger partial charge is 0.494 e. The molecule has 0 bridgehead atoms. The van der Waals surface area contributed by atoms with Crippen LogP contribution in [0, 0.1) is 24.1 Å². The molecule has 1 saturated heterocycles. The number of ketones is 1. The van der Waals surface area contributed by atoms with Crippen molar-refractivity contribution < 1.29 is 23.8 Å². The van der Waals surface area contributed by atoms with E-state index in [0.29, 0.717) is 23.5 Å². The highest BCUT2D eigenvalue weighted by Crippen LogP contribution is 2.33. The predicted molar refractivity (Wildman–Crippen MR) is 143 cm³/mol. The summed E-state index contributed by atoms with van der Waals surface area (Å²) in [7, 11) is 0. The molecule has 2 heterocycles. The standard InChI is InChI=1S/C26H26FN3O5S2/c1-15(2)35-12-4-10-29-23(32)19(14-28)16(3)22(25(29)34)20(31)9-11-30-24(33)21(37-26(30)36)13-17-5-7-18(27)8-6-17/h5-8,13,15,34H,4,9-12H2,1-3H3/b21-13-. The number of hydrogen-bond acceptors (Lipinski definition) is 8. The first-order valence-electron chi connectivity index (χ1n) is 11.6. The topological polar surface area (TPSA) is 113 Å². The average molecular weight is 544 g/mol. The van der Waals surface area contributed by atoms with E-state index in [9.17, 15) is 29.1 Å². The number of thiocarbonyl (C=S) groups is 1. The Morgan fingerprint density at radius 3 is 2.57 bits per heavy atom. The Morgan fingerprint density at radius 2 is 1.95 bits per heavy atom. The summed E-state index contributed by atoms with van der Waals surface area (Å²) in [6.45, 7) is 5.53. The Morgan fingerprint density at radius 1 is 1.27 bits per heavy atom. The van der Waals surface area contributed by atoms with Gasteiger partial charge >= 0.3 is 0 Å². The Balaban J connectivity index is 1.79. The molecule has 0 unspecified atom stereocenters. The molecule has 37 heavy (non-hydrogen) atoms. The Bertz CT molecular complexity index is 1360. The quantitative estimate of drug-likeness (QED) is 0.206. The number of nitriles is 1. The summed E-state index contributed by atoms with van der Waals surface area (Å²) in [4.78, 5) is 40.4. The first-order chi connectivity index (χ1) is 17.5. The zero-order valence-electron chi connectivity index (χ0n) is 20.6. The maximum absolute atomic E-state index is 13.2. The van der Waals surface area contributed by atoms with Gasteiger partial charge < -0.3 is 9.84 Å². The fourth-order valence-electron chi connectivity index (χ4n) is 3.78. The smallest absolute Gasteiger partial charge is 0.271 e. The summed E-state index contributed by atoms with van der Waals surface area (Å²) in [6.07, 6.45) is 1.79. The summed E-state index contributed by atoms with van der Waals surface area (Å²) in [5, 5.41) is 20.3. The van der Waals surface area contributed by atoms with Crippen LogP contribution in [-0.4, -0.2) is 49.8 Å². The number of carbonyl (C=O) groups is 2. The molecule has 3 rings (SSSR count). The van der Waals surface area contributed by atoms with Crippen LogP contribution in [0.2, 0.25) is 0 Å². The predicted octanol–water partition coefficient (Wildman–Crippen LogP) is 4.16. The van der Waals surface area contributed by atoms with Crippen LogP contribution in [0.1, 0.15) is 53.7 Å². The van der Waals surface area contributed by atoms with E-state index >= 15 is 0 Å². The number of amides is 1. The molecule has 194 valence electrons. The number of aromatic nitrogens is 1. The minimum atomic E-state index is -0.679. The average Bonchev–Trinajstić information content (AvgIpc) is 3.10. The minimum Gasteiger partial charge on any atom is -0.494 e. The Labute approximate surface area is 223 Å². The molecular weight excluding hydrogens is 517 g/mol. The van der Waals surface area contributed by atoms with Crippen LogP contribution in [0.4, 0.5) is 4.39 Å². The Hall–Kier alpha value is -3.33. The number of carbonyl (C=O) groups excluding carboxylic acids is 2. The third-order valence-electron chi connectivity index (χ3n) is 5.66. The van der Waals surface area contributed by atoms with Gasteiger partial charge in [-0.3, -0.25) is 23.9 Å². The van der Waals surface area contributed by atoms with E-state index in [-0.39, 0.29) is 52.5 Å². The highest BCUT2D eigenvalue weighted by molar-refractivity contribution is 8.26. The molecule has 8 nitrogen and oxygen atoms in total. The zero-order valence-corrected chi connectivity index (χ0v) is 22.2. The third kappa shape index (κ3) is 6.52. The van der Waals surface area contributed by atoms with Crippen molar-refractivity contribution in [2.45, 2.75) is 46.3 Å². The summed E-state index contributed by atoms with van der Waals surface area (Å²) < 4.78 is 19.9. The maximum Gasteiger partial charge on any atom is 0.271 e. The van der Waals surface area contributed by atoms with Crippen LogP contribution in [-0.2, 0) is 16.1 Å². The van der Waals surface area contributed by atoms with Gasteiger partial charge in [-0.05, 0) is 56.5 Å². The van der Waals surface area contributed by atoms with Gasteiger partial charge in [-0.15, -0.1) is 0 Å². The molecule has 1 aromatic carbocycles. The molecule has 0 atom stereocenters. The van der Waals surface area contributed by atoms with E-state index in [1.807, 2.05) is 19.9 Å². The lowest BCUT2D eigenvalue weighted by Gasteiger charge is -2.17. The molecule has 0 saturated carbocycles. The van der Waals surface area contributed by atoms with Gasteiger partial charge in [0, 0.05) is 26.1 Å². The number of benzene rings is 1. The number of ether oxygens (including phenoxy) is 1. The van der Waals surface area contributed by atoms with Gasteiger partial charge in [0.15, 0.2) is 5.78 Å². The molecule has 1 amide bonds. The molecule has 1 N–H and O–H groups in total. The zero-order chi connectivity index (χ0) is 27.3. The van der Waals surface area contributed by atoms with Crippen molar-refractivity contribution in [3.8, 4) is 11.9 Å². The van der Waals surface area contributed by atoms with Crippen molar-refractivity contribution in [2.75, 3.05) is 13.2 Å².